The van der Waals surface area contributed by atoms with Gasteiger partial charge in [0.05, 0.1) is 17.6 Å². The first-order valence-electron chi connectivity index (χ1n) is 6.16. The second kappa shape index (κ2) is 4.69. The van der Waals surface area contributed by atoms with E-state index >= 15 is 0 Å². The van der Waals surface area contributed by atoms with Crippen LogP contribution in [0.4, 0.5) is 4.79 Å². The Kier molecular flexibility index (Phi) is 2.86. The van der Waals surface area contributed by atoms with Gasteiger partial charge in [0.2, 0.25) is 0 Å². The number of imidazole rings is 1. The van der Waals surface area contributed by atoms with Gasteiger partial charge in [-0.1, -0.05) is 0 Å². The first-order valence-corrected chi connectivity index (χ1v) is 6.16. The Labute approximate surface area is 114 Å². The Morgan fingerprint density at radius 3 is 3.00 bits per heavy atom. The van der Waals surface area contributed by atoms with E-state index in [1.165, 1.54) is 6.20 Å². The van der Waals surface area contributed by atoms with Crippen LogP contribution in [-0.2, 0) is 0 Å². The maximum Gasteiger partial charge on any atom is 0.339 e. The topological polar surface area (TPSA) is 98.8 Å². The highest BCUT2D eigenvalue weighted by molar-refractivity contribution is 5.80. The third kappa shape index (κ3) is 2.09. The Bertz CT molecular complexity index is 774. The fourth-order valence-electron chi connectivity index (χ4n) is 1.94. The van der Waals surface area contributed by atoms with Crippen LogP contribution < -0.4 is 10.5 Å². The SMILES string of the molecule is CCOc1ccc2nc(-c3ccn(C(N)=O)n3)[nH]c2c1. The molecule has 2 aromatic heterocycles. The van der Waals surface area contributed by atoms with Gasteiger partial charge in [0.25, 0.3) is 0 Å². The number of hydrogen-bond donors (Lipinski definition) is 2. The van der Waals surface area contributed by atoms with Crippen molar-refractivity contribution >= 4 is 17.1 Å². The number of benzene rings is 1. The standard InChI is InChI=1S/C13H13N5O2/c1-2-20-8-3-4-9-11(7-8)16-12(15-9)10-5-6-18(17-10)13(14)19/h3-7H,2H2,1H3,(H2,14,19)(H,15,16). The molecule has 1 aromatic carbocycles. The van der Waals surface area contributed by atoms with Gasteiger partial charge in [-0.15, -0.1) is 0 Å². The summed E-state index contributed by atoms with van der Waals surface area (Å²) in [4.78, 5) is 18.6. The van der Waals surface area contributed by atoms with Crippen LogP contribution >= 0.6 is 0 Å². The van der Waals surface area contributed by atoms with E-state index in [0.717, 1.165) is 21.5 Å². The molecule has 0 radical (unpaired) electrons. The molecule has 0 fully saturated rings. The molecule has 3 rings (SSSR count). The minimum Gasteiger partial charge on any atom is -0.494 e. The van der Waals surface area contributed by atoms with E-state index in [-0.39, 0.29) is 0 Å². The fourth-order valence-corrected chi connectivity index (χ4v) is 1.94. The molecule has 0 saturated carbocycles. The van der Waals surface area contributed by atoms with Crippen molar-refractivity contribution in [1.29, 1.82) is 0 Å². The van der Waals surface area contributed by atoms with E-state index in [0.29, 0.717) is 18.1 Å². The molecule has 0 saturated heterocycles. The molecule has 2 heterocycles. The average Bonchev–Trinajstić information content (AvgIpc) is 3.05. The molecule has 0 atom stereocenters. The number of aromatic nitrogens is 4. The summed E-state index contributed by atoms with van der Waals surface area (Å²) in [5.41, 5.74) is 7.35. The molecule has 0 unspecified atom stereocenters. The Morgan fingerprint density at radius 1 is 1.45 bits per heavy atom. The first-order chi connectivity index (χ1) is 9.67. The number of carbonyl (C=O) groups is 1. The van der Waals surface area contributed by atoms with Crippen molar-refractivity contribution in [2.45, 2.75) is 6.92 Å². The third-order valence-electron chi connectivity index (χ3n) is 2.82. The summed E-state index contributed by atoms with van der Waals surface area (Å²) in [6, 6.07) is 6.64. The number of hydrogen-bond acceptors (Lipinski definition) is 4. The van der Waals surface area contributed by atoms with Crippen molar-refractivity contribution in [2.24, 2.45) is 5.73 Å². The molecule has 7 nitrogen and oxygen atoms in total. The van der Waals surface area contributed by atoms with E-state index in [2.05, 4.69) is 15.1 Å². The molecular formula is C13H13N5O2. The smallest absolute Gasteiger partial charge is 0.339 e. The molecule has 20 heavy (non-hydrogen) atoms. The van der Waals surface area contributed by atoms with Crippen LogP contribution in [0.2, 0.25) is 0 Å². The molecule has 3 aromatic rings. The lowest BCUT2D eigenvalue weighted by molar-refractivity contribution is 0.248. The number of carbonyl (C=O) groups excluding carboxylic acids is 1. The first kappa shape index (κ1) is 12.2. The van der Waals surface area contributed by atoms with E-state index in [4.69, 9.17) is 10.5 Å². The highest BCUT2D eigenvalue weighted by Gasteiger charge is 2.10. The Balaban J connectivity index is 2.01. The summed E-state index contributed by atoms with van der Waals surface area (Å²) >= 11 is 0. The second-order valence-electron chi connectivity index (χ2n) is 4.18. The number of aromatic amines is 1. The molecule has 0 aliphatic rings. The summed E-state index contributed by atoms with van der Waals surface area (Å²) in [7, 11) is 0. The monoisotopic (exact) mass is 271 g/mol. The normalized spacial score (nSPS) is 10.8. The lowest BCUT2D eigenvalue weighted by atomic mass is 10.3. The van der Waals surface area contributed by atoms with Crippen molar-refractivity contribution in [2.75, 3.05) is 6.61 Å². The van der Waals surface area contributed by atoms with Gasteiger partial charge in [0.1, 0.15) is 11.4 Å². The number of rotatable bonds is 3. The lowest BCUT2D eigenvalue weighted by Crippen LogP contribution is -2.19. The maximum atomic E-state index is 11.0. The van der Waals surface area contributed by atoms with Crippen LogP contribution in [0.3, 0.4) is 0 Å². The van der Waals surface area contributed by atoms with Gasteiger partial charge in [0, 0.05) is 12.3 Å². The minimum atomic E-state index is -0.633. The van der Waals surface area contributed by atoms with Crippen molar-refractivity contribution in [1.82, 2.24) is 19.7 Å². The molecule has 102 valence electrons. The molecular weight excluding hydrogens is 258 g/mol. The largest absolute Gasteiger partial charge is 0.494 e. The summed E-state index contributed by atoms with van der Waals surface area (Å²) in [5.74, 6) is 1.35. The summed E-state index contributed by atoms with van der Waals surface area (Å²) < 4.78 is 6.50. The number of ether oxygens (including phenoxy) is 1. The van der Waals surface area contributed by atoms with Crippen LogP contribution in [0.25, 0.3) is 22.6 Å². The van der Waals surface area contributed by atoms with Crippen molar-refractivity contribution in [3.8, 4) is 17.3 Å². The number of primary amides is 1. The Hall–Kier alpha value is -2.83. The molecule has 0 aliphatic carbocycles. The number of amides is 1. The van der Waals surface area contributed by atoms with Crippen LogP contribution in [-0.4, -0.2) is 32.4 Å². The average molecular weight is 271 g/mol. The van der Waals surface area contributed by atoms with Gasteiger partial charge < -0.3 is 15.5 Å². The van der Waals surface area contributed by atoms with Gasteiger partial charge in [0.15, 0.2) is 5.82 Å². The van der Waals surface area contributed by atoms with Gasteiger partial charge in [-0.25, -0.2) is 9.78 Å². The zero-order chi connectivity index (χ0) is 14.1. The minimum absolute atomic E-state index is 0.554. The van der Waals surface area contributed by atoms with E-state index in [1.807, 2.05) is 25.1 Å². The molecule has 1 amide bonds. The zero-order valence-electron chi connectivity index (χ0n) is 10.8. The molecule has 0 spiro atoms. The summed E-state index contributed by atoms with van der Waals surface area (Å²) in [5, 5.41) is 4.05. The quantitative estimate of drug-likeness (QED) is 0.758. The number of H-pyrrole nitrogens is 1. The number of nitrogens with one attached hydrogen (secondary N) is 1. The third-order valence-corrected chi connectivity index (χ3v) is 2.82. The van der Waals surface area contributed by atoms with Crippen LogP contribution in [0.1, 0.15) is 6.92 Å². The Morgan fingerprint density at radius 2 is 2.30 bits per heavy atom. The van der Waals surface area contributed by atoms with Gasteiger partial charge in [-0.05, 0) is 25.1 Å². The maximum absolute atomic E-state index is 11.0. The molecule has 0 aliphatic heterocycles. The van der Waals surface area contributed by atoms with Gasteiger partial charge >= 0.3 is 6.03 Å². The molecule has 0 bridgehead atoms. The van der Waals surface area contributed by atoms with E-state index in [9.17, 15) is 4.79 Å². The summed E-state index contributed by atoms with van der Waals surface area (Å²) in [6.07, 6.45) is 1.50. The van der Waals surface area contributed by atoms with Gasteiger partial charge in [-0.3, -0.25) is 0 Å². The van der Waals surface area contributed by atoms with Gasteiger partial charge in [-0.2, -0.15) is 9.78 Å². The number of nitrogens with zero attached hydrogens (tertiary/aromatic N) is 3. The van der Waals surface area contributed by atoms with Crippen LogP contribution in [0.5, 0.6) is 5.75 Å². The van der Waals surface area contributed by atoms with Crippen molar-refractivity contribution < 1.29 is 9.53 Å². The zero-order valence-corrected chi connectivity index (χ0v) is 10.8. The van der Waals surface area contributed by atoms with Crippen LogP contribution in [0, 0.1) is 0 Å². The van der Waals surface area contributed by atoms with E-state index < -0.39 is 6.03 Å². The highest BCUT2D eigenvalue weighted by Crippen LogP contribution is 2.22. The van der Waals surface area contributed by atoms with Crippen LogP contribution in [0.15, 0.2) is 30.5 Å². The van der Waals surface area contributed by atoms with E-state index in [1.54, 1.807) is 6.07 Å². The molecule has 7 heteroatoms. The summed E-state index contributed by atoms with van der Waals surface area (Å²) in [6.45, 7) is 2.54. The second-order valence-corrected chi connectivity index (χ2v) is 4.18. The molecule has 3 N–H and O–H groups in total. The number of nitrogens with two attached hydrogens (primary N) is 1. The highest BCUT2D eigenvalue weighted by atomic mass is 16.5. The lowest BCUT2D eigenvalue weighted by Gasteiger charge is -2.00. The van der Waals surface area contributed by atoms with Crippen molar-refractivity contribution in [3.05, 3.63) is 30.5 Å². The predicted octanol–water partition coefficient (Wildman–Crippen LogP) is 1.75. The van der Waals surface area contributed by atoms with Crippen molar-refractivity contribution in [3.63, 3.8) is 0 Å². The predicted molar refractivity (Wildman–Crippen MR) is 73.5 cm³/mol. The fraction of sp³-hybridized carbons (Fsp3) is 0.154. The number of fused-ring (bicyclic) bond motifs is 1.